The van der Waals surface area contributed by atoms with Gasteiger partial charge in [-0.3, -0.25) is 4.79 Å². The summed E-state index contributed by atoms with van der Waals surface area (Å²) >= 11 is 0. The zero-order chi connectivity index (χ0) is 16.1. The summed E-state index contributed by atoms with van der Waals surface area (Å²) in [5.41, 5.74) is 1.17. The maximum Gasteiger partial charge on any atom is 0.251 e. The molecule has 4 fully saturated rings. The Morgan fingerprint density at radius 3 is 2.39 bits per heavy atom. The summed E-state index contributed by atoms with van der Waals surface area (Å²) in [6.07, 6.45) is 5.90. The van der Waals surface area contributed by atoms with Gasteiger partial charge in [-0.05, 0) is 75.1 Å². The average molecular weight is 314 g/mol. The Labute approximate surface area is 137 Å². The van der Waals surface area contributed by atoms with Crippen LogP contribution in [0.3, 0.4) is 0 Å². The van der Waals surface area contributed by atoms with Crippen molar-refractivity contribution in [2.45, 2.75) is 56.2 Å². The third-order valence-electron chi connectivity index (χ3n) is 6.01. The fourth-order valence-corrected chi connectivity index (χ4v) is 5.65. The van der Waals surface area contributed by atoms with Gasteiger partial charge in [-0.15, -0.1) is 0 Å². The SMILES string of the molecule is CNCc1ccc(C(=O)NC23CC4CC(CC(O)(C4)C2)C3)cc1. The van der Waals surface area contributed by atoms with Crippen molar-refractivity contribution in [3.63, 3.8) is 0 Å². The first-order valence-electron chi connectivity index (χ1n) is 8.78. The van der Waals surface area contributed by atoms with E-state index in [0.717, 1.165) is 38.6 Å². The summed E-state index contributed by atoms with van der Waals surface area (Å²) in [5.74, 6) is 1.17. The number of nitrogens with one attached hydrogen (secondary N) is 2. The first kappa shape index (κ1) is 15.2. The quantitative estimate of drug-likeness (QED) is 0.798. The Morgan fingerprint density at radius 1 is 1.17 bits per heavy atom. The summed E-state index contributed by atoms with van der Waals surface area (Å²) in [6, 6.07) is 7.80. The highest BCUT2D eigenvalue weighted by atomic mass is 16.3. The molecule has 1 aromatic carbocycles. The van der Waals surface area contributed by atoms with Gasteiger partial charge >= 0.3 is 0 Å². The minimum absolute atomic E-state index is 0.00607. The van der Waals surface area contributed by atoms with Crippen LogP contribution in [0, 0.1) is 11.8 Å². The molecule has 1 aromatic rings. The molecule has 4 aliphatic rings. The number of hydrogen-bond acceptors (Lipinski definition) is 3. The number of carbonyl (C=O) groups excluding carboxylic acids is 1. The van der Waals surface area contributed by atoms with Crippen LogP contribution in [0.4, 0.5) is 0 Å². The van der Waals surface area contributed by atoms with Crippen LogP contribution < -0.4 is 10.6 Å². The van der Waals surface area contributed by atoms with E-state index in [-0.39, 0.29) is 11.4 Å². The van der Waals surface area contributed by atoms with Crippen LogP contribution in [0.2, 0.25) is 0 Å². The summed E-state index contributed by atoms with van der Waals surface area (Å²) < 4.78 is 0. The van der Waals surface area contributed by atoms with Crippen LogP contribution in [-0.4, -0.2) is 29.2 Å². The third-order valence-corrected chi connectivity index (χ3v) is 6.01. The topological polar surface area (TPSA) is 61.4 Å². The first-order valence-corrected chi connectivity index (χ1v) is 8.78. The van der Waals surface area contributed by atoms with Crippen molar-refractivity contribution >= 4 is 5.91 Å². The van der Waals surface area contributed by atoms with E-state index in [1.807, 2.05) is 31.3 Å². The average Bonchev–Trinajstić information content (AvgIpc) is 2.45. The van der Waals surface area contributed by atoms with Crippen molar-refractivity contribution in [3.8, 4) is 0 Å². The van der Waals surface area contributed by atoms with Crippen molar-refractivity contribution in [1.82, 2.24) is 10.6 Å². The van der Waals surface area contributed by atoms with Gasteiger partial charge in [0, 0.05) is 17.6 Å². The summed E-state index contributed by atoms with van der Waals surface area (Å²) in [4.78, 5) is 12.7. The highest BCUT2D eigenvalue weighted by Crippen LogP contribution is 2.57. The number of carbonyl (C=O) groups is 1. The van der Waals surface area contributed by atoms with Crippen LogP contribution in [0.1, 0.15) is 54.4 Å². The highest BCUT2D eigenvalue weighted by Gasteiger charge is 2.57. The molecule has 124 valence electrons. The molecule has 1 amide bonds. The molecule has 5 rings (SSSR count). The smallest absolute Gasteiger partial charge is 0.251 e. The molecule has 0 heterocycles. The second-order valence-electron chi connectivity index (χ2n) is 8.15. The Balaban J connectivity index is 1.50. The largest absolute Gasteiger partial charge is 0.390 e. The van der Waals surface area contributed by atoms with Gasteiger partial charge in [-0.25, -0.2) is 0 Å². The summed E-state index contributed by atoms with van der Waals surface area (Å²) in [7, 11) is 1.92. The molecule has 0 saturated heterocycles. The van der Waals surface area contributed by atoms with E-state index in [4.69, 9.17) is 0 Å². The lowest BCUT2D eigenvalue weighted by molar-refractivity contribution is -0.139. The fraction of sp³-hybridized carbons (Fsp3) is 0.632. The number of benzene rings is 1. The number of amides is 1. The molecule has 23 heavy (non-hydrogen) atoms. The van der Waals surface area contributed by atoms with Crippen LogP contribution >= 0.6 is 0 Å². The van der Waals surface area contributed by atoms with Gasteiger partial charge in [-0.1, -0.05) is 12.1 Å². The van der Waals surface area contributed by atoms with Gasteiger partial charge in [0.05, 0.1) is 5.60 Å². The molecule has 4 heteroatoms. The fourth-order valence-electron chi connectivity index (χ4n) is 5.65. The Morgan fingerprint density at radius 2 is 1.83 bits per heavy atom. The molecule has 2 unspecified atom stereocenters. The Bertz CT molecular complexity index is 596. The second-order valence-corrected chi connectivity index (χ2v) is 8.15. The predicted octanol–water partition coefficient (Wildman–Crippen LogP) is 2.22. The molecule has 3 N–H and O–H groups in total. The molecule has 4 aliphatic carbocycles. The van der Waals surface area contributed by atoms with E-state index in [2.05, 4.69) is 10.6 Å². The van der Waals surface area contributed by atoms with Crippen molar-refractivity contribution < 1.29 is 9.90 Å². The number of hydrogen-bond donors (Lipinski definition) is 3. The maximum absolute atomic E-state index is 12.7. The lowest BCUT2D eigenvalue weighted by Crippen LogP contribution is -2.65. The Kier molecular flexibility index (Phi) is 3.50. The molecule has 0 aliphatic heterocycles. The van der Waals surface area contributed by atoms with Gasteiger partial charge in [-0.2, -0.15) is 0 Å². The molecule has 0 aromatic heterocycles. The van der Waals surface area contributed by atoms with Crippen molar-refractivity contribution in [3.05, 3.63) is 35.4 Å². The molecule has 4 saturated carbocycles. The molecule has 4 nitrogen and oxygen atoms in total. The van der Waals surface area contributed by atoms with Crippen molar-refractivity contribution in [2.24, 2.45) is 11.8 Å². The van der Waals surface area contributed by atoms with E-state index in [1.165, 1.54) is 12.0 Å². The number of rotatable bonds is 4. The molecule has 2 atom stereocenters. The summed E-state index contributed by atoms with van der Waals surface area (Å²) in [6.45, 7) is 0.808. The standard InChI is InChI=1S/C19H26N2O2/c1-20-11-13-2-4-16(5-3-13)17(22)21-18-7-14-6-15(8-18)10-19(23,9-14)12-18/h2-5,14-15,20,23H,6-12H2,1H3,(H,21,22). The molecular formula is C19H26N2O2. The van der Waals surface area contributed by atoms with Gasteiger partial charge in [0.15, 0.2) is 0 Å². The van der Waals surface area contributed by atoms with E-state index in [0.29, 0.717) is 17.4 Å². The highest BCUT2D eigenvalue weighted by molar-refractivity contribution is 5.94. The summed E-state index contributed by atoms with van der Waals surface area (Å²) in [5, 5.41) is 17.2. The molecule has 4 bridgehead atoms. The second kappa shape index (κ2) is 5.32. The molecular weight excluding hydrogens is 288 g/mol. The van der Waals surface area contributed by atoms with Crippen LogP contribution in [0.15, 0.2) is 24.3 Å². The first-order chi connectivity index (χ1) is 11.0. The van der Waals surface area contributed by atoms with E-state index < -0.39 is 5.60 Å². The lowest BCUT2D eigenvalue weighted by Gasteiger charge is -2.60. The van der Waals surface area contributed by atoms with Gasteiger partial charge < -0.3 is 15.7 Å². The normalized spacial score (nSPS) is 37.8. The molecule has 0 radical (unpaired) electrons. The zero-order valence-electron chi connectivity index (χ0n) is 13.8. The van der Waals surface area contributed by atoms with E-state index in [9.17, 15) is 9.90 Å². The van der Waals surface area contributed by atoms with Gasteiger partial charge in [0.25, 0.3) is 5.91 Å². The predicted molar refractivity (Wildman–Crippen MR) is 89.0 cm³/mol. The van der Waals surface area contributed by atoms with Crippen molar-refractivity contribution in [2.75, 3.05) is 7.05 Å². The number of aliphatic hydroxyl groups is 1. The maximum atomic E-state index is 12.7. The monoisotopic (exact) mass is 314 g/mol. The van der Waals surface area contributed by atoms with Crippen LogP contribution in [0.5, 0.6) is 0 Å². The van der Waals surface area contributed by atoms with Crippen LogP contribution in [-0.2, 0) is 6.54 Å². The lowest BCUT2D eigenvalue weighted by atomic mass is 9.51. The van der Waals surface area contributed by atoms with Gasteiger partial charge in [0.1, 0.15) is 0 Å². The zero-order valence-corrected chi connectivity index (χ0v) is 13.8. The Hall–Kier alpha value is -1.39. The van der Waals surface area contributed by atoms with Crippen molar-refractivity contribution in [1.29, 1.82) is 0 Å². The minimum Gasteiger partial charge on any atom is -0.390 e. The van der Waals surface area contributed by atoms with E-state index in [1.54, 1.807) is 0 Å². The van der Waals surface area contributed by atoms with Gasteiger partial charge in [0.2, 0.25) is 0 Å². The minimum atomic E-state index is -0.534. The van der Waals surface area contributed by atoms with E-state index >= 15 is 0 Å². The third kappa shape index (κ3) is 2.79. The van der Waals surface area contributed by atoms with Crippen LogP contribution in [0.25, 0.3) is 0 Å². The molecule has 0 spiro atoms.